The fraction of sp³-hybridized carbons (Fsp3) is 0.417. The zero-order valence-electron chi connectivity index (χ0n) is 10.9. The molecule has 0 radical (unpaired) electrons. The van der Waals surface area contributed by atoms with Gasteiger partial charge in [-0.3, -0.25) is 4.79 Å². The molecule has 0 aliphatic carbocycles. The van der Waals surface area contributed by atoms with Crippen LogP contribution in [0.4, 0.5) is 0 Å². The van der Waals surface area contributed by atoms with Crippen LogP contribution in [0.2, 0.25) is 0 Å². The Morgan fingerprint density at radius 3 is 2.58 bits per heavy atom. The van der Waals surface area contributed by atoms with Crippen LogP contribution < -0.4 is 10.1 Å². The number of sulfone groups is 1. The molecule has 0 saturated heterocycles. The lowest BCUT2D eigenvalue weighted by atomic mass is 10.2. The summed E-state index contributed by atoms with van der Waals surface area (Å²) in [5.74, 6) is 0.219. The molecule has 0 aliphatic rings. The lowest BCUT2D eigenvalue weighted by Gasteiger charge is -2.13. The van der Waals surface area contributed by atoms with Crippen molar-refractivity contribution < 1.29 is 17.9 Å². The molecule has 0 aliphatic heterocycles. The van der Waals surface area contributed by atoms with Gasteiger partial charge in [-0.1, -0.05) is 0 Å². The molecule has 106 valence electrons. The van der Waals surface area contributed by atoms with E-state index in [-0.39, 0.29) is 11.7 Å². The second kappa shape index (κ2) is 6.38. The molecule has 19 heavy (non-hydrogen) atoms. The number of amides is 1. The summed E-state index contributed by atoms with van der Waals surface area (Å²) in [4.78, 5) is 11.9. The summed E-state index contributed by atoms with van der Waals surface area (Å²) in [7, 11) is -1.58. The van der Waals surface area contributed by atoms with E-state index in [0.717, 1.165) is 6.26 Å². The monoisotopic (exact) mass is 349 g/mol. The Hall–Kier alpha value is -1.08. The van der Waals surface area contributed by atoms with Gasteiger partial charge in [0.05, 0.1) is 17.3 Å². The quantitative estimate of drug-likeness (QED) is 0.876. The van der Waals surface area contributed by atoms with Gasteiger partial charge in [0.1, 0.15) is 15.6 Å². The normalized spacial score (nSPS) is 12.8. The maximum absolute atomic E-state index is 11.9. The van der Waals surface area contributed by atoms with Gasteiger partial charge in [-0.15, -0.1) is 0 Å². The van der Waals surface area contributed by atoms with E-state index in [2.05, 4.69) is 21.2 Å². The molecule has 0 saturated carbocycles. The second-order valence-corrected chi connectivity index (χ2v) is 7.36. The Morgan fingerprint density at radius 1 is 1.47 bits per heavy atom. The molecule has 0 fully saturated rings. The van der Waals surface area contributed by atoms with Crippen LogP contribution >= 0.6 is 15.9 Å². The van der Waals surface area contributed by atoms with E-state index in [1.54, 1.807) is 25.1 Å². The smallest absolute Gasteiger partial charge is 0.251 e. The average molecular weight is 350 g/mol. The molecule has 5 nitrogen and oxygen atoms in total. The van der Waals surface area contributed by atoms with Crippen molar-refractivity contribution in [2.45, 2.75) is 13.0 Å². The summed E-state index contributed by atoms with van der Waals surface area (Å²) in [5, 5.41) is 2.64. The number of hydrogen-bond donors (Lipinski definition) is 1. The van der Waals surface area contributed by atoms with Gasteiger partial charge in [-0.05, 0) is 41.1 Å². The minimum absolute atomic E-state index is 0.0872. The first kappa shape index (κ1) is 16.0. The number of benzene rings is 1. The zero-order valence-corrected chi connectivity index (χ0v) is 13.3. The third-order valence-electron chi connectivity index (χ3n) is 2.34. The maximum atomic E-state index is 11.9. The molecule has 1 aromatic rings. The Morgan fingerprint density at radius 2 is 2.11 bits per heavy atom. The van der Waals surface area contributed by atoms with Crippen molar-refractivity contribution in [3.8, 4) is 5.75 Å². The minimum Gasteiger partial charge on any atom is -0.496 e. The van der Waals surface area contributed by atoms with E-state index in [0.29, 0.717) is 15.8 Å². The van der Waals surface area contributed by atoms with Crippen molar-refractivity contribution in [1.82, 2.24) is 5.32 Å². The number of halogens is 1. The van der Waals surface area contributed by atoms with Crippen molar-refractivity contribution in [3.05, 3.63) is 28.2 Å². The molecule has 7 heteroatoms. The fourth-order valence-electron chi connectivity index (χ4n) is 1.61. The van der Waals surface area contributed by atoms with Gasteiger partial charge in [0, 0.05) is 17.9 Å². The molecule has 1 unspecified atom stereocenters. The van der Waals surface area contributed by atoms with Gasteiger partial charge >= 0.3 is 0 Å². The number of rotatable bonds is 5. The Balaban J connectivity index is 2.76. The van der Waals surface area contributed by atoms with Crippen LogP contribution in [0, 0.1) is 0 Å². The van der Waals surface area contributed by atoms with E-state index in [1.165, 1.54) is 7.11 Å². The molecular formula is C12H16BrNO4S. The van der Waals surface area contributed by atoms with Gasteiger partial charge in [0.2, 0.25) is 0 Å². The third kappa shape index (κ3) is 5.20. The summed E-state index contributed by atoms with van der Waals surface area (Å²) in [5.41, 5.74) is 0.438. The van der Waals surface area contributed by atoms with Crippen molar-refractivity contribution >= 4 is 31.7 Å². The predicted molar refractivity (Wildman–Crippen MR) is 77.3 cm³/mol. The molecule has 1 rings (SSSR count). The van der Waals surface area contributed by atoms with Crippen LogP contribution in [-0.2, 0) is 9.84 Å². The zero-order chi connectivity index (χ0) is 14.6. The van der Waals surface area contributed by atoms with Crippen molar-refractivity contribution in [2.75, 3.05) is 19.1 Å². The number of carbonyl (C=O) groups excluding carboxylic acids is 1. The third-order valence-corrected chi connectivity index (χ3v) is 4.07. The molecule has 1 aromatic carbocycles. The second-order valence-electron chi connectivity index (χ2n) is 4.32. The molecule has 0 spiro atoms. The van der Waals surface area contributed by atoms with E-state index < -0.39 is 15.9 Å². The van der Waals surface area contributed by atoms with Crippen LogP contribution in [0.15, 0.2) is 22.7 Å². The highest BCUT2D eigenvalue weighted by Crippen LogP contribution is 2.25. The Kier molecular flexibility index (Phi) is 5.37. The Labute approximate surface area is 121 Å². The van der Waals surface area contributed by atoms with Gasteiger partial charge in [-0.2, -0.15) is 0 Å². The number of methoxy groups -OCH3 is 1. The Bertz CT molecular complexity index is 571. The largest absolute Gasteiger partial charge is 0.496 e. The first-order valence-electron chi connectivity index (χ1n) is 5.55. The number of carbonyl (C=O) groups is 1. The minimum atomic E-state index is -3.11. The van der Waals surface area contributed by atoms with Crippen LogP contribution in [0.5, 0.6) is 5.75 Å². The van der Waals surface area contributed by atoms with Gasteiger partial charge in [0.15, 0.2) is 0 Å². The summed E-state index contributed by atoms with van der Waals surface area (Å²) in [6, 6.07) is 4.47. The van der Waals surface area contributed by atoms with Crippen LogP contribution in [-0.4, -0.2) is 39.5 Å². The van der Waals surface area contributed by atoms with E-state index in [4.69, 9.17) is 4.74 Å². The van der Waals surface area contributed by atoms with Crippen LogP contribution in [0.3, 0.4) is 0 Å². The highest BCUT2D eigenvalue weighted by molar-refractivity contribution is 9.10. The highest BCUT2D eigenvalue weighted by Gasteiger charge is 2.15. The van der Waals surface area contributed by atoms with Crippen molar-refractivity contribution in [1.29, 1.82) is 0 Å². The number of ether oxygens (including phenoxy) is 1. The van der Waals surface area contributed by atoms with E-state index >= 15 is 0 Å². The standard InChI is InChI=1S/C12H16BrNO4S/c1-8(7-19(3,16)17)14-12(15)9-4-5-11(18-2)10(13)6-9/h4-6,8H,7H2,1-3H3,(H,14,15). The van der Waals surface area contributed by atoms with E-state index in [9.17, 15) is 13.2 Å². The first-order chi connectivity index (χ1) is 8.73. The van der Waals surface area contributed by atoms with Crippen molar-refractivity contribution in [2.24, 2.45) is 0 Å². The SMILES string of the molecule is COc1ccc(C(=O)NC(C)CS(C)(=O)=O)cc1Br. The average Bonchev–Trinajstić information content (AvgIpc) is 2.26. The van der Waals surface area contributed by atoms with Crippen LogP contribution in [0.1, 0.15) is 17.3 Å². The summed E-state index contributed by atoms with van der Waals surface area (Å²) in [6.45, 7) is 1.65. The van der Waals surface area contributed by atoms with Crippen molar-refractivity contribution in [3.63, 3.8) is 0 Å². The molecule has 0 heterocycles. The number of nitrogens with one attached hydrogen (secondary N) is 1. The van der Waals surface area contributed by atoms with Crippen LogP contribution in [0.25, 0.3) is 0 Å². The summed E-state index contributed by atoms with van der Waals surface area (Å²) in [6.07, 6.45) is 1.14. The number of hydrogen-bond acceptors (Lipinski definition) is 4. The summed E-state index contributed by atoms with van der Waals surface area (Å²) >= 11 is 3.29. The lowest BCUT2D eigenvalue weighted by Crippen LogP contribution is -2.37. The first-order valence-corrected chi connectivity index (χ1v) is 8.40. The van der Waals surface area contributed by atoms with Gasteiger partial charge in [-0.25, -0.2) is 8.42 Å². The van der Waals surface area contributed by atoms with Gasteiger partial charge < -0.3 is 10.1 Å². The predicted octanol–water partition coefficient (Wildman–Crippen LogP) is 1.62. The highest BCUT2D eigenvalue weighted by atomic mass is 79.9. The van der Waals surface area contributed by atoms with E-state index in [1.807, 2.05) is 0 Å². The molecule has 1 amide bonds. The maximum Gasteiger partial charge on any atom is 0.251 e. The molecule has 0 bridgehead atoms. The fourth-order valence-corrected chi connectivity index (χ4v) is 3.14. The molecular weight excluding hydrogens is 334 g/mol. The topological polar surface area (TPSA) is 72.5 Å². The summed E-state index contributed by atoms with van der Waals surface area (Å²) < 4.78 is 28.0. The molecule has 1 atom stereocenters. The molecule has 0 aromatic heterocycles. The molecule has 1 N–H and O–H groups in total. The lowest BCUT2D eigenvalue weighted by molar-refractivity contribution is 0.0943. The van der Waals surface area contributed by atoms with Gasteiger partial charge in [0.25, 0.3) is 5.91 Å².